The van der Waals surface area contributed by atoms with Gasteiger partial charge in [-0.05, 0) is 24.3 Å². The van der Waals surface area contributed by atoms with Crippen LogP contribution in [0, 0.1) is 11.6 Å². The van der Waals surface area contributed by atoms with Crippen LogP contribution in [0.4, 0.5) is 20.2 Å². The van der Waals surface area contributed by atoms with Gasteiger partial charge in [-0.25, -0.2) is 8.78 Å². The lowest BCUT2D eigenvalue weighted by atomic mass is 10.1. The van der Waals surface area contributed by atoms with Gasteiger partial charge in [0.15, 0.2) is 0 Å². The number of halogens is 4. The summed E-state index contributed by atoms with van der Waals surface area (Å²) in [5.41, 5.74) is 6.08. The number of nitrogens with one attached hydrogen (secondary N) is 1. The molecule has 0 unspecified atom stereocenters. The SMILES string of the molecule is NC(=S)c1c(F)cccc1Nc1c(Cl)cc(F)cc1Cl. The molecule has 0 aliphatic rings. The van der Waals surface area contributed by atoms with Crippen molar-refractivity contribution < 1.29 is 8.78 Å². The predicted molar refractivity (Wildman–Crippen MR) is 82.0 cm³/mol. The van der Waals surface area contributed by atoms with E-state index in [1.807, 2.05) is 0 Å². The molecule has 0 radical (unpaired) electrons. The van der Waals surface area contributed by atoms with E-state index in [1.165, 1.54) is 12.1 Å². The van der Waals surface area contributed by atoms with Crippen molar-refractivity contribution >= 4 is 51.8 Å². The third kappa shape index (κ3) is 3.00. The zero-order valence-corrected chi connectivity index (χ0v) is 12.2. The molecule has 0 aromatic heterocycles. The molecule has 3 N–H and O–H groups in total. The Morgan fingerprint density at radius 3 is 2.30 bits per heavy atom. The van der Waals surface area contributed by atoms with Gasteiger partial charge in [0.2, 0.25) is 0 Å². The van der Waals surface area contributed by atoms with E-state index in [4.69, 9.17) is 41.2 Å². The van der Waals surface area contributed by atoms with Gasteiger partial charge in [0, 0.05) is 0 Å². The number of anilines is 2. The molecule has 2 nitrogen and oxygen atoms in total. The molecule has 2 aromatic carbocycles. The smallest absolute Gasteiger partial charge is 0.135 e. The van der Waals surface area contributed by atoms with E-state index in [1.54, 1.807) is 6.07 Å². The minimum absolute atomic E-state index is 0.0407. The number of rotatable bonds is 3. The van der Waals surface area contributed by atoms with E-state index in [9.17, 15) is 8.78 Å². The Hall–Kier alpha value is -1.43. The summed E-state index contributed by atoms with van der Waals surface area (Å²) in [4.78, 5) is -0.111. The van der Waals surface area contributed by atoms with Crippen molar-refractivity contribution in [3.05, 3.63) is 57.6 Å². The van der Waals surface area contributed by atoms with Crippen LogP contribution in [0.1, 0.15) is 5.56 Å². The summed E-state index contributed by atoms with van der Waals surface area (Å²) in [7, 11) is 0. The predicted octanol–water partition coefficient (Wildman–Crippen LogP) is 4.65. The third-order valence-electron chi connectivity index (χ3n) is 2.53. The molecule has 0 atom stereocenters. The highest BCUT2D eigenvalue weighted by Crippen LogP contribution is 2.35. The molecule has 104 valence electrons. The molecular weight excluding hydrogens is 325 g/mol. The molecule has 0 bridgehead atoms. The molecule has 0 saturated carbocycles. The minimum atomic E-state index is -0.572. The summed E-state index contributed by atoms with van der Waals surface area (Å²) in [6, 6.07) is 6.46. The zero-order chi connectivity index (χ0) is 14.9. The first-order chi connectivity index (χ1) is 9.40. The summed E-state index contributed by atoms with van der Waals surface area (Å²) in [6.45, 7) is 0. The van der Waals surface area contributed by atoms with Gasteiger partial charge in [-0.1, -0.05) is 41.5 Å². The lowest BCUT2D eigenvalue weighted by Gasteiger charge is -2.14. The number of benzene rings is 2. The molecule has 0 heterocycles. The van der Waals surface area contributed by atoms with Crippen molar-refractivity contribution in [3.63, 3.8) is 0 Å². The zero-order valence-electron chi connectivity index (χ0n) is 9.88. The molecule has 0 aliphatic carbocycles. The Morgan fingerprint density at radius 2 is 1.75 bits per heavy atom. The van der Waals surface area contributed by atoms with Crippen LogP contribution < -0.4 is 11.1 Å². The normalized spacial score (nSPS) is 10.4. The molecule has 0 aliphatic heterocycles. The second-order valence-electron chi connectivity index (χ2n) is 3.90. The second kappa shape index (κ2) is 5.91. The molecular formula is C13H8Cl2F2N2S. The Bertz CT molecular complexity index is 669. The molecule has 2 rings (SSSR count). The van der Waals surface area contributed by atoms with Gasteiger partial charge in [0.05, 0.1) is 27.0 Å². The fourth-order valence-corrected chi connectivity index (χ4v) is 2.44. The van der Waals surface area contributed by atoms with Crippen LogP contribution in [0.2, 0.25) is 10.0 Å². The molecule has 0 spiro atoms. The van der Waals surface area contributed by atoms with Gasteiger partial charge >= 0.3 is 0 Å². The van der Waals surface area contributed by atoms with Crippen LogP contribution in [0.3, 0.4) is 0 Å². The fourth-order valence-electron chi connectivity index (χ4n) is 1.68. The third-order valence-corrected chi connectivity index (χ3v) is 3.33. The molecule has 0 fully saturated rings. The summed E-state index contributed by atoms with van der Waals surface area (Å²) in [5, 5.41) is 2.95. The maximum atomic E-state index is 13.7. The van der Waals surface area contributed by atoms with Crippen LogP contribution in [-0.2, 0) is 0 Å². The number of hydrogen-bond acceptors (Lipinski definition) is 2. The standard InChI is InChI=1S/C13H8Cl2F2N2S/c14-7-4-6(16)5-8(15)12(7)19-10-3-1-2-9(17)11(10)13(18)20/h1-5,19H,(H2,18,20). The second-order valence-corrected chi connectivity index (χ2v) is 5.15. The van der Waals surface area contributed by atoms with Crippen LogP contribution in [0.25, 0.3) is 0 Å². The van der Waals surface area contributed by atoms with Crippen molar-refractivity contribution in [2.75, 3.05) is 5.32 Å². The van der Waals surface area contributed by atoms with E-state index in [0.29, 0.717) is 5.69 Å². The van der Waals surface area contributed by atoms with Gasteiger partial charge < -0.3 is 11.1 Å². The van der Waals surface area contributed by atoms with Gasteiger partial charge in [0.25, 0.3) is 0 Å². The summed E-state index contributed by atoms with van der Waals surface area (Å²) in [5.74, 6) is -1.14. The quantitative estimate of drug-likeness (QED) is 0.803. The van der Waals surface area contributed by atoms with Gasteiger partial charge in [-0.2, -0.15) is 0 Å². The fraction of sp³-hybridized carbons (Fsp3) is 0. The number of nitrogens with two attached hydrogens (primary N) is 1. The van der Waals surface area contributed by atoms with Crippen molar-refractivity contribution in [2.45, 2.75) is 0 Å². The first-order valence-corrected chi connectivity index (χ1v) is 6.56. The average Bonchev–Trinajstić information content (AvgIpc) is 2.33. The summed E-state index contributed by atoms with van der Waals surface area (Å²) >= 11 is 16.6. The average molecular weight is 333 g/mol. The first-order valence-electron chi connectivity index (χ1n) is 5.40. The summed E-state index contributed by atoms with van der Waals surface area (Å²) < 4.78 is 26.9. The van der Waals surface area contributed by atoms with Crippen molar-refractivity contribution in [1.82, 2.24) is 0 Å². The highest BCUT2D eigenvalue weighted by molar-refractivity contribution is 7.80. The lowest BCUT2D eigenvalue weighted by Crippen LogP contribution is -2.14. The molecule has 0 amide bonds. The Morgan fingerprint density at radius 1 is 1.15 bits per heavy atom. The minimum Gasteiger partial charge on any atom is -0.389 e. The van der Waals surface area contributed by atoms with Crippen molar-refractivity contribution in [2.24, 2.45) is 5.73 Å². The monoisotopic (exact) mass is 332 g/mol. The lowest BCUT2D eigenvalue weighted by molar-refractivity contribution is 0.626. The van der Waals surface area contributed by atoms with Crippen LogP contribution in [0.5, 0.6) is 0 Å². The van der Waals surface area contributed by atoms with Crippen LogP contribution in [-0.4, -0.2) is 4.99 Å². The molecule has 20 heavy (non-hydrogen) atoms. The maximum absolute atomic E-state index is 13.7. The van der Waals surface area contributed by atoms with Gasteiger partial charge in [-0.3, -0.25) is 0 Å². The van der Waals surface area contributed by atoms with E-state index < -0.39 is 11.6 Å². The maximum Gasteiger partial charge on any atom is 0.135 e. The number of thiocarbonyl (C=S) groups is 1. The molecule has 2 aromatic rings. The van der Waals surface area contributed by atoms with Gasteiger partial charge in [-0.15, -0.1) is 0 Å². The van der Waals surface area contributed by atoms with E-state index in [0.717, 1.165) is 12.1 Å². The highest BCUT2D eigenvalue weighted by Gasteiger charge is 2.14. The topological polar surface area (TPSA) is 38.0 Å². The molecule has 7 heteroatoms. The van der Waals surface area contributed by atoms with Crippen molar-refractivity contribution in [3.8, 4) is 0 Å². The molecule has 0 saturated heterocycles. The van der Waals surface area contributed by atoms with Gasteiger partial charge in [0.1, 0.15) is 16.6 Å². The highest BCUT2D eigenvalue weighted by atomic mass is 35.5. The van der Waals surface area contributed by atoms with Crippen LogP contribution in [0.15, 0.2) is 30.3 Å². The number of hydrogen-bond donors (Lipinski definition) is 2. The van der Waals surface area contributed by atoms with Crippen LogP contribution >= 0.6 is 35.4 Å². The van der Waals surface area contributed by atoms with E-state index >= 15 is 0 Å². The Balaban J connectivity index is 2.51. The largest absolute Gasteiger partial charge is 0.389 e. The Labute approximate surface area is 129 Å². The summed E-state index contributed by atoms with van der Waals surface area (Å²) in [6.07, 6.45) is 0. The van der Waals surface area contributed by atoms with E-state index in [-0.39, 0.29) is 26.3 Å². The first kappa shape index (κ1) is 15.0. The van der Waals surface area contributed by atoms with E-state index in [2.05, 4.69) is 5.32 Å². The van der Waals surface area contributed by atoms with Crippen molar-refractivity contribution in [1.29, 1.82) is 0 Å². The Kier molecular flexibility index (Phi) is 4.42.